The van der Waals surface area contributed by atoms with Gasteiger partial charge in [-0.2, -0.15) is 0 Å². The molecule has 96 valence electrons. The van der Waals surface area contributed by atoms with Crippen molar-refractivity contribution < 1.29 is 4.74 Å². The van der Waals surface area contributed by atoms with Gasteiger partial charge in [-0.3, -0.25) is 0 Å². The van der Waals surface area contributed by atoms with Crippen molar-refractivity contribution in [3.63, 3.8) is 0 Å². The molecule has 17 heavy (non-hydrogen) atoms. The Kier molecular flexibility index (Phi) is 8.57. The van der Waals surface area contributed by atoms with Crippen LogP contribution in [0.2, 0.25) is 0 Å². The first kappa shape index (κ1) is 16.0. The molecular weight excluding hydrogens is 329 g/mol. The maximum atomic E-state index is 5.70. The van der Waals surface area contributed by atoms with E-state index in [-0.39, 0.29) is 24.0 Å². The number of nitrogens with one attached hydrogen (secondary N) is 1. The Balaban J connectivity index is 0.00000256. The van der Waals surface area contributed by atoms with Crippen LogP contribution in [0.5, 0.6) is 5.75 Å². The van der Waals surface area contributed by atoms with Crippen molar-refractivity contribution in [3.8, 4) is 5.75 Å². The van der Waals surface area contributed by atoms with Crippen molar-refractivity contribution in [2.45, 2.75) is 19.9 Å². The van der Waals surface area contributed by atoms with Gasteiger partial charge in [0.1, 0.15) is 5.75 Å². The van der Waals surface area contributed by atoms with Crippen LogP contribution < -0.4 is 15.8 Å². The number of nitrogens with zero attached hydrogens (tertiary/aromatic N) is 1. The van der Waals surface area contributed by atoms with E-state index in [9.17, 15) is 0 Å². The van der Waals surface area contributed by atoms with Crippen molar-refractivity contribution in [2.75, 3.05) is 13.7 Å². The largest absolute Gasteiger partial charge is 0.496 e. The molecule has 0 aliphatic rings. The van der Waals surface area contributed by atoms with Crippen LogP contribution >= 0.6 is 24.0 Å². The average molecular weight is 349 g/mol. The SMILES string of the molecule is CCCNC(N)=NCc1ccccc1OC.I. The lowest BCUT2D eigenvalue weighted by molar-refractivity contribution is 0.410. The number of rotatable bonds is 5. The highest BCUT2D eigenvalue weighted by Gasteiger charge is 2.00. The molecule has 4 nitrogen and oxygen atoms in total. The van der Waals surface area contributed by atoms with E-state index in [0.717, 1.165) is 24.3 Å². The summed E-state index contributed by atoms with van der Waals surface area (Å²) in [7, 11) is 1.65. The van der Waals surface area contributed by atoms with Gasteiger partial charge in [-0.15, -0.1) is 24.0 Å². The van der Waals surface area contributed by atoms with Crippen molar-refractivity contribution >= 4 is 29.9 Å². The summed E-state index contributed by atoms with van der Waals surface area (Å²) in [5.74, 6) is 1.32. The molecule has 1 aromatic rings. The summed E-state index contributed by atoms with van der Waals surface area (Å²) >= 11 is 0. The molecule has 0 heterocycles. The topological polar surface area (TPSA) is 59.6 Å². The van der Waals surface area contributed by atoms with Crippen LogP contribution in [0.25, 0.3) is 0 Å². The molecule has 1 aromatic carbocycles. The van der Waals surface area contributed by atoms with Crippen LogP contribution in [-0.4, -0.2) is 19.6 Å². The molecule has 0 saturated carbocycles. The van der Waals surface area contributed by atoms with Gasteiger partial charge >= 0.3 is 0 Å². The van der Waals surface area contributed by atoms with Crippen molar-refractivity contribution in [2.24, 2.45) is 10.7 Å². The zero-order valence-corrected chi connectivity index (χ0v) is 12.6. The molecule has 0 aromatic heterocycles. The Morgan fingerprint density at radius 1 is 1.41 bits per heavy atom. The predicted molar refractivity (Wildman–Crippen MR) is 82.0 cm³/mol. The zero-order valence-electron chi connectivity index (χ0n) is 10.3. The molecule has 0 saturated heterocycles. The lowest BCUT2D eigenvalue weighted by Gasteiger charge is -2.07. The first-order valence-corrected chi connectivity index (χ1v) is 5.43. The minimum absolute atomic E-state index is 0. The Bertz CT molecular complexity index is 355. The van der Waals surface area contributed by atoms with E-state index >= 15 is 0 Å². The van der Waals surface area contributed by atoms with Crippen LogP contribution in [0, 0.1) is 0 Å². The summed E-state index contributed by atoms with van der Waals surface area (Å²) in [5.41, 5.74) is 6.73. The Hall–Kier alpha value is -0.980. The quantitative estimate of drug-likeness (QED) is 0.486. The van der Waals surface area contributed by atoms with Gasteiger partial charge in [0, 0.05) is 12.1 Å². The highest BCUT2D eigenvalue weighted by Crippen LogP contribution is 2.17. The molecule has 0 fully saturated rings. The van der Waals surface area contributed by atoms with E-state index < -0.39 is 0 Å². The first-order chi connectivity index (χ1) is 7.77. The minimum atomic E-state index is 0. The molecule has 0 radical (unpaired) electrons. The van der Waals surface area contributed by atoms with Gasteiger partial charge in [-0.05, 0) is 12.5 Å². The van der Waals surface area contributed by atoms with Gasteiger partial charge in [0.2, 0.25) is 0 Å². The minimum Gasteiger partial charge on any atom is -0.496 e. The molecule has 0 unspecified atom stereocenters. The molecule has 1 rings (SSSR count). The third-order valence-electron chi connectivity index (χ3n) is 2.17. The fourth-order valence-corrected chi connectivity index (χ4v) is 1.31. The second-order valence-electron chi connectivity index (χ2n) is 3.44. The van der Waals surface area contributed by atoms with Crippen molar-refractivity contribution in [1.29, 1.82) is 0 Å². The maximum Gasteiger partial charge on any atom is 0.188 e. The predicted octanol–water partition coefficient (Wildman–Crippen LogP) is 2.13. The maximum absolute atomic E-state index is 5.70. The van der Waals surface area contributed by atoms with Crippen molar-refractivity contribution in [1.82, 2.24) is 5.32 Å². The Morgan fingerprint density at radius 3 is 2.76 bits per heavy atom. The van der Waals surface area contributed by atoms with Crippen molar-refractivity contribution in [3.05, 3.63) is 29.8 Å². The number of aliphatic imine (C=N–C) groups is 1. The highest BCUT2D eigenvalue weighted by molar-refractivity contribution is 14.0. The van der Waals surface area contributed by atoms with Crippen LogP contribution in [0.3, 0.4) is 0 Å². The Morgan fingerprint density at radius 2 is 2.12 bits per heavy atom. The molecule has 0 aliphatic heterocycles. The third-order valence-corrected chi connectivity index (χ3v) is 2.17. The zero-order chi connectivity index (χ0) is 11.8. The summed E-state index contributed by atoms with van der Waals surface area (Å²) in [6.45, 7) is 3.47. The van der Waals surface area contributed by atoms with Gasteiger partial charge < -0.3 is 15.8 Å². The van der Waals surface area contributed by atoms with Gasteiger partial charge in [0.05, 0.1) is 13.7 Å². The van der Waals surface area contributed by atoms with E-state index in [1.807, 2.05) is 24.3 Å². The van der Waals surface area contributed by atoms with Gasteiger partial charge in [-0.1, -0.05) is 25.1 Å². The number of ether oxygens (including phenoxy) is 1. The lowest BCUT2D eigenvalue weighted by Crippen LogP contribution is -2.32. The molecule has 0 amide bonds. The number of nitrogens with two attached hydrogens (primary N) is 1. The summed E-state index contributed by atoms with van der Waals surface area (Å²) in [6.07, 6.45) is 1.03. The van der Waals surface area contributed by atoms with E-state index in [1.54, 1.807) is 7.11 Å². The summed E-state index contributed by atoms with van der Waals surface area (Å²) in [5, 5.41) is 3.03. The van der Waals surface area contributed by atoms with E-state index in [2.05, 4.69) is 17.2 Å². The number of benzene rings is 1. The number of halogens is 1. The summed E-state index contributed by atoms with van der Waals surface area (Å²) < 4.78 is 5.23. The third kappa shape index (κ3) is 5.76. The van der Waals surface area contributed by atoms with Crippen LogP contribution in [0.15, 0.2) is 29.3 Å². The molecular formula is C12H20IN3O. The number of hydrogen-bond donors (Lipinski definition) is 2. The monoisotopic (exact) mass is 349 g/mol. The van der Waals surface area contributed by atoms with Gasteiger partial charge in [-0.25, -0.2) is 4.99 Å². The summed E-state index contributed by atoms with van der Waals surface area (Å²) in [6, 6.07) is 7.80. The van der Waals surface area contributed by atoms with Crippen LogP contribution in [-0.2, 0) is 6.54 Å². The second kappa shape index (κ2) is 9.09. The first-order valence-electron chi connectivity index (χ1n) is 5.43. The number of guanidine groups is 1. The Labute approximate surface area is 120 Å². The fourth-order valence-electron chi connectivity index (χ4n) is 1.31. The molecule has 3 N–H and O–H groups in total. The number of hydrogen-bond acceptors (Lipinski definition) is 2. The normalized spacial score (nSPS) is 10.6. The smallest absolute Gasteiger partial charge is 0.188 e. The van der Waals surface area contributed by atoms with E-state index in [0.29, 0.717) is 12.5 Å². The lowest BCUT2D eigenvalue weighted by atomic mass is 10.2. The molecule has 0 atom stereocenters. The number of para-hydroxylation sites is 1. The van der Waals surface area contributed by atoms with Gasteiger partial charge in [0.15, 0.2) is 5.96 Å². The highest BCUT2D eigenvalue weighted by atomic mass is 127. The van der Waals surface area contributed by atoms with Gasteiger partial charge in [0.25, 0.3) is 0 Å². The number of methoxy groups -OCH3 is 1. The van der Waals surface area contributed by atoms with E-state index in [4.69, 9.17) is 10.5 Å². The van der Waals surface area contributed by atoms with Crippen LogP contribution in [0.4, 0.5) is 0 Å². The fraction of sp³-hybridized carbons (Fsp3) is 0.417. The summed E-state index contributed by atoms with van der Waals surface area (Å²) in [4.78, 5) is 4.24. The second-order valence-corrected chi connectivity index (χ2v) is 3.44. The van der Waals surface area contributed by atoms with E-state index in [1.165, 1.54) is 0 Å². The average Bonchev–Trinajstić information content (AvgIpc) is 2.34. The molecule has 0 aliphatic carbocycles. The standard InChI is InChI=1S/C12H19N3O.HI/c1-3-8-14-12(13)15-9-10-6-4-5-7-11(10)16-2;/h4-7H,3,8-9H2,1-2H3,(H3,13,14,15);1H. The molecule has 0 spiro atoms. The van der Waals surface area contributed by atoms with Crippen LogP contribution in [0.1, 0.15) is 18.9 Å². The molecule has 5 heteroatoms. The molecule has 0 bridgehead atoms.